The molecule has 12 heteroatoms. The predicted molar refractivity (Wildman–Crippen MR) is 167 cm³/mol. The first-order chi connectivity index (χ1) is 21.0. The molecule has 2 N–H and O–H groups in total. The molecule has 0 aliphatic heterocycles. The van der Waals surface area contributed by atoms with Gasteiger partial charge in [-0.1, -0.05) is 84.9 Å². The van der Waals surface area contributed by atoms with Gasteiger partial charge in [0.1, 0.15) is 0 Å². The van der Waals surface area contributed by atoms with Crippen molar-refractivity contribution in [3.8, 4) is 11.4 Å². The number of hydrogen-bond acceptors (Lipinski definition) is 8. The average Bonchev–Trinajstić information content (AvgIpc) is 3.51. The molecule has 0 aliphatic rings. The molecule has 5 rings (SSSR count). The number of nitrogens with zero attached hydrogens (tertiary/aromatic N) is 5. The van der Waals surface area contributed by atoms with E-state index in [1.807, 2.05) is 48.5 Å². The molecule has 1 unspecified atom stereocenters. The average molecular weight is 613 g/mol. The third-order valence-electron chi connectivity index (χ3n) is 6.88. The van der Waals surface area contributed by atoms with Crippen molar-refractivity contribution in [2.45, 2.75) is 25.3 Å². The molecule has 0 spiro atoms. The highest BCUT2D eigenvalue weighted by atomic mass is 32.2. The number of hydrogen-bond donors (Lipinski definition) is 2. The maximum absolute atomic E-state index is 13.6. The van der Waals surface area contributed by atoms with Crippen LogP contribution in [0.3, 0.4) is 0 Å². The van der Waals surface area contributed by atoms with Gasteiger partial charge in [0.05, 0.1) is 5.69 Å². The number of amides is 2. The maximum atomic E-state index is 13.6. The highest BCUT2D eigenvalue weighted by molar-refractivity contribution is 7.77. The van der Waals surface area contributed by atoms with Crippen molar-refractivity contribution in [2.75, 3.05) is 18.4 Å². The Bertz CT molecular complexity index is 1570. The molecule has 220 valence electrons. The van der Waals surface area contributed by atoms with Gasteiger partial charge in [0.15, 0.2) is 5.82 Å². The second-order valence-electron chi connectivity index (χ2n) is 9.70. The fraction of sp³-hybridized carbons (Fsp3) is 0.194. The minimum Gasteiger partial charge on any atom is -0.760 e. The molecule has 0 aliphatic carbocycles. The van der Waals surface area contributed by atoms with Gasteiger partial charge in [0.25, 0.3) is 0 Å². The molecule has 0 radical (unpaired) electrons. The van der Waals surface area contributed by atoms with Crippen LogP contribution in [-0.4, -0.2) is 52.1 Å². The van der Waals surface area contributed by atoms with E-state index in [9.17, 15) is 13.6 Å². The Morgan fingerprint density at radius 1 is 0.930 bits per heavy atom. The van der Waals surface area contributed by atoms with Crippen LogP contribution in [0.2, 0.25) is 0 Å². The SMILES string of the molecule is O=C(Nc1nc(-c2ccc(CNS(=O)[O-])cc2)ns1)N(CCc1cnccn1)CCC(c1ccccc1)c1ccccc1. The third-order valence-corrected chi connectivity index (χ3v) is 7.89. The number of urea groups is 1. The number of nitrogens with one attached hydrogen (secondary N) is 2. The summed E-state index contributed by atoms with van der Waals surface area (Å²) >= 11 is -1.22. The first kappa shape index (κ1) is 30.1. The van der Waals surface area contributed by atoms with Gasteiger partial charge >= 0.3 is 6.03 Å². The molecule has 2 aromatic heterocycles. The zero-order valence-corrected chi connectivity index (χ0v) is 24.8. The number of anilines is 1. The van der Waals surface area contributed by atoms with Crippen molar-refractivity contribution < 1.29 is 13.6 Å². The van der Waals surface area contributed by atoms with Gasteiger partial charge in [-0.2, -0.15) is 9.36 Å². The first-order valence-electron chi connectivity index (χ1n) is 13.7. The summed E-state index contributed by atoms with van der Waals surface area (Å²) < 4.78 is 28.2. The Morgan fingerprint density at radius 2 is 1.63 bits per heavy atom. The number of rotatable bonds is 13. The van der Waals surface area contributed by atoms with Crippen LogP contribution in [0.15, 0.2) is 104 Å². The Morgan fingerprint density at radius 3 is 2.26 bits per heavy atom. The van der Waals surface area contributed by atoms with Crippen molar-refractivity contribution in [2.24, 2.45) is 0 Å². The zero-order chi connectivity index (χ0) is 29.9. The molecule has 5 aromatic rings. The van der Waals surface area contributed by atoms with Gasteiger partial charge in [-0.15, -0.1) is 0 Å². The largest absolute Gasteiger partial charge is 0.760 e. The molecule has 0 bridgehead atoms. The van der Waals surface area contributed by atoms with E-state index >= 15 is 0 Å². The van der Waals surface area contributed by atoms with Crippen LogP contribution < -0.4 is 10.0 Å². The van der Waals surface area contributed by atoms with E-state index in [0.717, 1.165) is 34.8 Å². The summed E-state index contributed by atoms with van der Waals surface area (Å²) in [7, 11) is 0. The highest BCUT2D eigenvalue weighted by Gasteiger charge is 2.20. The molecule has 3 aromatic carbocycles. The summed E-state index contributed by atoms with van der Waals surface area (Å²) in [5, 5.41) is 3.32. The van der Waals surface area contributed by atoms with Crippen molar-refractivity contribution >= 4 is 34.0 Å². The molecule has 43 heavy (non-hydrogen) atoms. The van der Waals surface area contributed by atoms with Gasteiger partial charge in [0, 0.05) is 78.9 Å². The van der Waals surface area contributed by atoms with Crippen molar-refractivity contribution in [1.82, 2.24) is 28.9 Å². The van der Waals surface area contributed by atoms with Crippen LogP contribution in [0.5, 0.6) is 0 Å². The number of benzene rings is 3. The summed E-state index contributed by atoms with van der Waals surface area (Å²) in [5.74, 6) is 0.598. The molecule has 10 nitrogen and oxygen atoms in total. The number of carbonyl (C=O) groups excluding carboxylic acids is 1. The molecule has 1 atom stereocenters. The van der Waals surface area contributed by atoms with E-state index < -0.39 is 11.3 Å². The Balaban J connectivity index is 1.29. The fourth-order valence-electron chi connectivity index (χ4n) is 4.68. The van der Waals surface area contributed by atoms with Crippen LogP contribution in [-0.2, 0) is 24.2 Å². The van der Waals surface area contributed by atoms with E-state index in [1.165, 1.54) is 11.1 Å². The standard InChI is InChI=1S/C31H31N7O3S2/c39-31(36-30-35-29(37-42-30)26-13-11-23(12-14-26)21-34-43(40)41)38(19-15-27-22-32-17-18-33-27)20-16-28(24-7-3-1-4-8-24)25-9-5-2-6-10-25/h1-14,17-18,22,28,34H,15-16,19-21H2,(H,40,41)(H,35,36,37,39)/p-1. The second-order valence-corrected chi connectivity index (χ2v) is 11.2. The number of carbonyl (C=O) groups is 1. The van der Waals surface area contributed by atoms with E-state index in [0.29, 0.717) is 30.5 Å². The smallest absolute Gasteiger partial charge is 0.323 e. The van der Waals surface area contributed by atoms with Gasteiger partial charge in [-0.05, 0) is 23.1 Å². The van der Waals surface area contributed by atoms with E-state index in [4.69, 9.17) is 0 Å². The van der Waals surface area contributed by atoms with Crippen LogP contribution >= 0.6 is 11.5 Å². The lowest BCUT2D eigenvalue weighted by molar-refractivity contribution is 0.210. The van der Waals surface area contributed by atoms with Crippen LogP contribution in [0.1, 0.15) is 34.7 Å². The summed E-state index contributed by atoms with van der Waals surface area (Å²) in [5.41, 5.74) is 4.76. The molecule has 0 saturated heterocycles. The van der Waals surface area contributed by atoms with E-state index in [1.54, 1.807) is 35.6 Å². The minimum absolute atomic E-state index is 0.120. The maximum Gasteiger partial charge on any atom is 0.323 e. The predicted octanol–water partition coefficient (Wildman–Crippen LogP) is 5.18. The molecule has 0 saturated carbocycles. The van der Waals surface area contributed by atoms with Crippen LogP contribution in [0, 0.1) is 0 Å². The number of aromatic nitrogens is 4. The summed E-state index contributed by atoms with van der Waals surface area (Å²) in [6, 6.07) is 27.6. The topological polar surface area (TPSA) is 136 Å². The molecule has 2 heterocycles. The van der Waals surface area contributed by atoms with Gasteiger partial charge in [-0.25, -0.2) is 9.52 Å². The Hall–Kier alpha value is -4.36. The Kier molecular flexibility index (Phi) is 10.6. The lowest BCUT2D eigenvalue weighted by Crippen LogP contribution is -2.38. The first-order valence-corrected chi connectivity index (χ1v) is 15.6. The van der Waals surface area contributed by atoms with Crippen molar-refractivity contribution in [3.63, 3.8) is 0 Å². The minimum atomic E-state index is -2.32. The molecular weight excluding hydrogens is 583 g/mol. The lowest BCUT2D eigenvalue weighted by atomic mass is 9.88. The van der Waals surface area contributed by atoms with Crippen molar-refractivity contribution in [1.29, 1.82) is 0 Å². The van der Waals surface area contributed by atoms with Gasteiger partial charge in [0.2, 0.25) is 5.13 Å². The highest BCUT2D eigenvalue weighted by Crippen LogP contribution is 2.28. The molecular formula is C31H30N7O3S2-. The molecule has 0 fully saturated rings. The van der Waals surface area contributed by atoms with Crippen molar-refractivity contribution in [3.05, 3.63) is 126 Å². The van der Waals surface area contributed by atoms with Gasteiger partial charge < -0.3 is 9.45 Å². The lowest BCUT2D eigenvalue weighted by Gasteiger charge is -2.26. The normalized spacial score (nSPS) is 11.8. The summed E-state index contributed by atoms with van der Waals surface area (Å²) in [4.78, 5) is 28.4. The fourth-order valence-corrected chi connectivity index (χ4v) is 5.54. The van der Waals surface area contributed by atoms with Crippen LogP contribution in [0.4, 0.5) is 9.93 Å². The quantitative estimate of drug-likeness (QED) is 0.175. The van der Waals surface area contributed by atoms with Crippen LogP contribution in [0.25, 0.3) is 11.4 Å². The Labute approximate surface area is 256 Å². The third kappa shape index (κ3) is 8.82. The molecule has 2 amide bonds. The zero-order valence-electron chi connectivity index (χ0n) is 23.2. The summed E-state index contributed by atoms with van der Waals surface area (Å²) in [6.07, 6.45) is 6.28. The van der Waals surface area contributed by atoms with E-state index in [2.05, 4.69) is 53.6 Å². The van der Waals surface area contributed by atoms with Gasteiger partial charge in [-0.3, -0.25) is 19.5 Å². The summed E-state index contributed by atoms with van der Waals surface area (Å²) in [6.45, 7) is 1.16. The second kappa shape index (κ2) is 15.2. The van der Waals surface area contributed by atoms with E-state index in [-0.39, 0.29) is 18.5 Å². The monoisotopic (exact) mass is 612 g/mol.